The summed E-state index contributed by atoms with van der Waals surface area (Å²) in [6.07, 6.45) is 0. The standard InChI is InChI=1S/C18H16ClNO3S/c1-23-16-10-3-2-6-14(16)12-20-24(21,22)17-11-5-8-13-7-4-9-15(19)18(13)17/h2-11,20H,12H2,1H3. The molecule has 0 aliphatic carbocycles. The van der Waals surface area contributed by atoms with Gasteiger partial charge in [0.15, 0.2) is 0 Å². The van der Waals surface area contributed by atoms with Crippen molar-refractivity contribution in [3.05, 3.63) is 71.2 Å². The van der Waals surface area contributed by atoms with Crippen molar-refractivity contribution in [2.45, 2.75) is 11.4 Å². The number of nitrogens with one attached hydrogen (secondary N) is 1. The van der Waals surface area contributed by atoms with E-state index in [4.69, 9.17) is 16.3 Å². The summed E-state index contributed by atoms with van der Waals surface area (Å²) in [6.45, 7) is 0.132. The zero-order valence-corrected chi connectivity index (χ0v) is 14.6. The Balaban J connectivity index is 1.97. The lowest BCUT2D eigenvalue weighted by molar-refractivity contribution is 0.409. The van der Waals surface area contributed by atoms with E-state index in [1.165, 1.54) is 0 Å². The number of hydrogen-bond donors (Lipinski definition) is 1. The zero-order valence-electron chi connectivity index (χ0n) is 13.0. The Kier molecular flexibility index (Phi) is 4.76. The molecule has 3 aromatic rings. The molecule has 0 saturated carbocycles. The van der Waals surface area contributed by atoms with Crippen molar-refractivity contribution in [2.75, 3.05) is 7.11 Å². The third-order valence-corrected chi connectivity index (χ3v) is 5.51. The van der Waals surface area contributed by atoms with Crippen LogP contribution in [0.25, 0.3) is 10.8 Å². The van der Waals surface area contributed by atoms with Gasteiger partial charge in [0.2, 0.25) is 10.0 Å². The van der Waals surface area contributed by atoms with Crippen LogP contribution in [-0.2, 0) is 16.6 Å². The molecule has 0 heterocycles. The molecule has 24 heavy (non-hydrogen) atoms. The van der Waals surface area contributed by atoms with Crippen molar-refractivity contribution in [2.24, 2.45) is 0 Å². The van der Waals surface area contributed by atoms with E-state index in [1.807, 2.05) is 30.3 Å². The van der Waals surface area contributed by atoms with Crippen LogP contribution in [0.15, 0.2) is 65.6 Å². The lowest BCUT2D eigenvalue weighted by Crippen LogP contribution is -2.23. The first kappa shape index (κ1) is 16.8. The van der Waals surface area contributed by atoms with Crippen LogP contribution in [0, 0.1) is 0 Å². The highest BCUT2D eigenvalue weighted by atomic mass is 35.5. The van der Waals surface area contributed by atoms with Crippen LogP contribution in [0.5, 0.6) is 5.75 Å². The number of benzene rings is 3. The number of sulfonamides is 1. The Morgan fingerprint density at radius 3 is 2.46 bits per heavy atom. The van der Waals surface area contributed by atoms with Crippen molar-refractivity contribution in [1.82, 2.24) is 4.72 Å². The second-order valence-electron chi connectivity index (χ2n) is 5.23. The number of rotatable bonds is 5. The Bertz CT molecular complexity index is 981. The Morgan fingerprint density at radius 1 is 1.00 bits per heavy atom. The minimum absolute atomic E-state index is 0.132. The number of hydrogen-bond acceptors (Lipinski definition) is 3. The van der Waals surface area contributed by atoms with Crippen LogP contribution in [0.2, 0.25) is 5.02 Å². The number of para-hydroxylation sites is 1. The first-order chi connectivity index (χ1) is 11.5. The van der Waals surface area contributed by atoms with Gasteiger partial charge in [-0.25, -0.2) is 13.1 Å². The van der Waals surface area contributed by atoms with Gasteiger partial charge in [0.1, 0.15) is 5.75 Å². The van der Waals surface area contributed by atoms with E-state index in [9.17, 15) is 8.42 Å². The lowest BCUT2D eigenvalue weighted by atomic mass is 10.1. The van der Waals surface area contributed by atoms with Gasteiger partial charge in [-0.05, 0) is 23.6 Å². The molecule has 1 N–H and O–H groups in total. The fraction of sp³-hybridized carbons (Fsp3) is 0.111. The predicted molar refractivity (Wildman–Crippen MR) is 96.0 cm³/mol. The molecule has 0 aliphatic rings. The largest absolute Gasteiger partial charge is 0.496 e. The molecule has 0 aromatic heterocycles. The number of fused-ring (bicyclic) bond motifs is 1. The SMILES string of the molecule is COc1ccccc1CNS(=O)(=O)c1cccc2cccc(Cl)c12. The van der Waals surface area contributed by atoms with Crippen LogP contribution < -0.4 is 9.46 Å². The van der Waals surface area contributed by atoms with E-state index in [1.54, 1.807) is 37.4 Å². The van der Waals surface area contributed by atoms with E-state index in [0.717, 1.165) is 10.9 Å². The molecule has 6 heteroatoms. The first-order valence-corrected chi connectivity index (χ1v) is 9.18. The third-order valence-electron chi connectivity index (χ3n) is 3.75. The molecular weight excluding hydrogens is 346 g/mol. The van der Waals surface area contributed by atoms with Gasteiger partial charge in [0.25, 0.3) is 0 Å². The lowest BCUT2D eigenvalue weighted by Gasteiger charge is -2.12. The van der Waals surface area contributed by atoms with E-state index in [-0.39, 0.29) is 11.4 Å². The monoisotopic (exact) mass is 361 g/mol. The average Bonchev–Trinajstić information content (AvgIpc) is 2.60. The maximum Gasteiger partial charge on any atom is 0.241 e. The van der Waals surface area contributed by atoms with Crippen molar-refractivity contribution in [3.8, 4) is 5.75 Å². The molecule has 0 spiro atoms. The van der Waals surface area contributed by atoms with E-state index in [2.05, 4.69) is 4.72 Å². The maximum absolute atomic E-state index is 12.8. The highest BCUT2D eigenvalue weighted by Gasteiger charge is 2.19. The van der Waals surface area contributed by atoms with Crippen LogP contribution in [0.4, 0.5) is 0 Å². The van der Waals surface area contributed by atoms with Gasteiger partial charge in [-0.15, -0.1) is 0 Å². The second-order valence-corrected chi connectivity index (χ2v) is 7.37. The second kappa shape index (κ2) is 6.81. The fourth-order valence-corrected chi connectivity index (χ4v) is 4.18. The molecule has 0 atom stereocenters. The molecule has 124 valence electrons. The summed E-state index contributed by atoms with van der Waals surface area (Å²) in [5, 5.41) is 1.71. The molecule has 3 aromatic carbocycles. The molecule has 3 rings (SSSR count). The van der Waals surface area contributed by atoms with Gasteiger partial charge in [0.05, 0.1) is 12.0 Å². The molecular formula is C18H16ClNO3S. The first-order valence-electron chi connectivity index (χ1n) is 7.32. The minimum atomic E-state index is -3.72. The highest BCUT2D eigenvalue weighted by molar-refractivity contribution is 7.89. The molecule has 0 saturated heterocycles. The van der Waals surface area contributed by atoms with Gasteiger partial charge in [0, 0.05) is 22.5 Å². The molecule has 0 unspecified atom stereocenters. The Morgan fingerprint density at radius 2 is 1.71 bits per heavy atom. The fourth-order valence-electron chi connectivity index (χ4n) is 2.59. The smallest absolute Gasteiger partial charge is 0.241 e. The van der Waals surface area contributed by atoms with Gasteiger partial charge in [-0.2, -0.15) is 0 Å². The third kappa shape index (κ3) is 3.24. The highest BCUT2D eigenvalue weighted by Crippen LogP contribution is 2.30. The normalized spacial score (nSPS) is 11.6. The summed E-state index contributed by atoms with van der Waals surface area (Å²) in [5.74, 6) is 0.635. The van der Waals surface area contributed by atoms with Gasteiger partial charge in [-0.1, -0.05) is 54.1 Å². The average molecular weight is 362 g/mol. The number of ether oxygens (including phenoxy) is 1. The van der Waals surface area contributed by atoms with Gasteiger partial charge >= 0.3 is 0 Å². The molecule has 0 aliphatic heterocycles. The summed E-state index contributed by atoms with van der Waals surface area (Å²) < 4.78 is 33.4. The minimum Gasteiger partial charge on any atom is -0.496 e. The molecule has 0 fully saturated rings. The zero-order chi connectivity index (χ0) is 17.2. The summed E-state index contributed by atoms with van der Waals surface area (Å²) >= 11 is 6.22. The Hall–Kier alpha value is -2.08. The number of methoxy groups -OCH3 is 1. The van der Waals surface area contributed by atoms with Gasteiger partial charge < -0.3 is 4.74 Å². The molecule has 0 radical (unpaired) electrons. The topological polar surface area (TPSA) is 55.4 Å². The van der Waals surface area contributed by atoms with Crippen molar-refractivity contribution in [1.29, 1.82) is 0 Å². The van der Waals surface area contributed by atoms with Crippen LogP contribution in [0.3, 0.4) is 0 Å². The molecule has 0 amide bonds. The summed E-state index contributed by atoms with van der Waals surface area (Å²) in [7, 11) is -2.17. The summed E-state index contributed by atoms with van der Waals surface area (Å²) in [6, 6.07) is 17.7. The maximum atomic E-state index is 12.8. The van der Waals surface area contributed by atoms with Crippen LogP contribution >= 0.6 is 11.6 Å². The number of halogens is 1. The van der Waals surface area contributed by atoms with E-state index >= 15 is 0 Å². The van der Waals surface area contributed by atoms with Crippen molar-refractivity contribution < 1.29 is 13.2 Å². The van der Waals surface area contributed by atoms with Crippen molar-refractivity contribution >= 4 is 32.4 Å². The van der Waals surface area contributed by atoms with E-state index in [0.29, 0.717) is 16.2 Å². The quantitative estimate of drug-likeness (QED) is 0.747. The van der Waals surface area contributed by atoms with Crippen molar-refractivity contribution in [3.63, 3.8) is 0 Å². The van der Waals surface area contributed by atoms with Crippen LogP contribution in [-0.4, -0.2) is 15.5 Å². The predicted octanol–water partition coefficient (Wildman–Crippen LogP) is 3.98. The van der Waals surface area contributed by atoms with Gasteiger partial charge in [-0.3, -0.25) is 0 Å². The van der Waals surface area contributed by atoms with Crippen LogP contribution in [0.1, 0.15) is 5.56 Å². The molecule has 0 bridgehead atoms. The van der Waals surface area contributed by atoms with E-state index < -0.39 is 10.0 Å². The summed E-state index contributed by atoms with van der Waals surface area (Å²) in [5.41, 5.74) is 0.759. The molecule has 4 nitrogen and oxygen atoms in total. The Labute approximate surface area is 146 Å². The summed E-state index contributed by atoms with van der Waals surface area (Å²) in [4.78, 5) is 0.167.